The van der Waals surface area contributed by atoms with Crippen molar-refractivity contribution >= 4 is 5.97 Å². The molecule has 3 aromatic rings. The van der Waals surface area contributed by atoms with Crippen molar-refractivity contribution in [3.8, 4) is 5.69 Å². The Balaban J connectivity index is 1.78. The molecule has 0 amide bonds. The van der Waals surface area contributed by atoms with Gasteiger partial charge in [0.15, 0.2) is 5.69 Å². The van der Waals surface area contributed by atoms with Crippen molar-refractivity contribution in [2.45, 2.75) is 20.5 Å². The number of carbonyl (C=O) groups excluding carboxylic acids is 1. The predicted octanol–water partition coefficient (Wildman–Crippen LogP) is 3.52. The molecule has 1 aromatic heterocycles. The number of nitrogens with zero attached hydrogens (tertiary/aromatic N) is 3. The van der Waals surface area contributed by atoms with Crippen molar-refractivity contribution in [2.75, 3.05) is 0 Å². The summed E-state index contributed by atoms with van der Waals surface area (Å²) in [6, 6.07) is 9.92. The fraction of sp³-hybridized carbons (Fsp3) is 0.167. The molecule has 0 N–H and O–H groups in total. The topological polar surface area (TPSA) is 57.0 Å². The SMILES string of the molecule is Cc1cc(F)ccc1-n1nnc(C(=O)OCc2ccc(F)cc2)c1C. The zero-order chi connectivity index (χ0) is 18.0. The highest BCUT2D eigenvalue weighted by Crippen LogP contribution is 2.18. The van der Waals surface area contributed by atoms with Gasteiger partial charge in [-0.2, -0.15) is 0 Å². The highest BCUT2D eigenvalue weighted by molar-refractivity contribution is 5.88. The third-order valence-electron chi connectivity index (χ3n) is 3.76. The second-order valence-electron chi connectivity index (χ2n) is 5.57. The van der Waals surface area contributed by atoms with Gasteiger partial charge in [0.25, 0.3) is 0 Å². The zero-order valence-electron chi connectivity index (χ0n) is 13.7. The van der Waals surface area contributed by atoms with Crippen LogP contribution in [-0.4, -0.2) is 21.0 Å². The van der Waals surface area contributed by atoms with Crippen LogP contribution in [0.3, 0.4) is 0 Å². The molecule has 0 unspecified atom stereocenters. The van der Waals surface area contributed by atoms with E-state index < -0.39 is 5.97 Å². The predicted molar refractivity (Wildman–Crippen MR) is 86.3 cm³/mol. The maximum atomic E-state index is 13.2. The summed E-state index contributed by atoms with van der Waals surface area (Å²) >= 11 is 0. The number of carbonyl (C=O) groups is 1. The number of esters is 1. The van der Waals surface area contributed by atoms with E-state index in [0.29, 0.717) is 22.5 Å². The molecule has 25 heavy (non-hydrogen) atoms. The van der Waals surface area contributed by atoms with Gasteiger partial charge in [0.05, 0.1) is 11.4 Å². The Morgan fingerprint density at radius 1 is 1.08 bits per heavy atom. The van der Waals surface area contributed by atoms with E-state index in [9.17, 15) is 13.6 Å². The van der Waals surface area contributed by atoms with Crippen LogP contribution in [0.25, 0.3) is 5.69 Å². The smallest absolute Gasteiger partial charge is 0.361 e. The van der Waals surface area contributed by atoms with Gasteiger partial charge in [0.2, 0.25) is 0 Å². The number of rotatable bonds is 4. The number of aromatic nitrogens is 3. The molecule has 0 bridgehead atoms. The second-order valence-corrected chi connectivity index (χ2v) is 5.57. The Morgan fingerprint density at radius 3 is 2.44 bits per heavy atom. The maximum absolute atomic E-state index is 13.2. The van der Waals surface area contributed by atoms with Gasteiger partial charge in [0, 0.05) is 0 Å². The second kappa shape index (κ2) is 6.80. The lowest BCUT2D eigenvalue weighted by molar-refractivity contribution is 0.0464. The first-order chi connectivity index (χ1) is 12.0. The lowest BCUT2D eigenvalue weighted by Gasteiger charge is -2.07. The van der Waals surface area contributed by atoms with Crippen molar-refractivity contribution in [2.24, 2.45) is 0 Å². The van der Waals surface area contributed by atoms with Crippen LogP contribution in [0, 0.1) is 25.5 Å². The molecule has 128 valence electrons. The highest BCUT2D eigenvalue weighted by atomic mass is 19.1. The van der Waals surface area contributed by atoms with Crippen LogP contribution in [0.2, 0.25) is 0 Å². The Hall–Kier alpha value is -3.09. The van der Waals surface area contributed by atoms with Crippen molar-refractivity contribution in [1.82, 2.24) is 15.0 Å². The van der Waals surface area contributed by atoms with Gasteiger partial charge in [-0.05, 0) is 55.3 Å². The van der Waals surface area contributed by atoms with E-state index in [-0.39, 0.29) is 23.9 Å². The molecule has 2 aromatic carbocycles. The molecule has 0 aliphatic heterocycles. The molecule has 0 radical (unpaired) electrons. The van der Waals surface area contributed by atoms with E-state index in [2.05, 4.69) is 10.3 Å². The van der Waals surface area contributed by atoms with Crippen LogP contribution >= 0.6 is 0 Å². The number of hydrogen-bond donors (Lipinski definition) is 0. The van der Waals surface area contributed by atoms with Gasteiger partial charge < -0.3 is 4.74 Å². The Labute approximate surface area is 142 Å². The van der Waals surface area contributed by atoms with Crippen molar-refractivity contribution in [3.05, 3.63) is 76.6 Å². The Morgan fingerprint density at radius 2 is 1.76 bits per heavy atom. The lowest BCUT2D eigenvalue weighted by Crippen LogP contribution is -2.08. The molecule has 0 aliphatic rings. The molecule has 0 atom stereocenters. The molecule has 0 saturated heterocycles. The van der Waals surface area contributed by atoms with Gasteiger partial charge in [0.1, 0.15) is 18.2 Å². The van der Waals surface area contributed by atoms with Gasteiger partial charge in [-0.25, -0.2) is 18.3 Å². The highest BCUT2D eigenvalue weighted by Gasteiger charge is 2.19. The van der Waals surface area contributed by atoms with Crippen LogP contribution in [0.1, 0.15) is 27.3 Å². The molecule has 5 nitrogen and oxygen atoms in total. The summed E-state index contributed by atoms with van der Waals surface area (Å²) in [5, 5.41) is 7.82. The van der Waals surface area contributed by atoms with Crippen LogP contribution in [0.4, 0.5) is 8.78 Å². The van der Waals surface area contributed by atoms with Gasteiger partial charge in [-0.3, -0.25) is 0 Å². The fourth-order valence-electron chi connectivity index (χ4n) is 2.40. The minimum Gasteiger partial charge on any atom is -0.456 e. The van der Waals surface area contributed by atoms with E-state index >= 15 is 0 Å². The zero-order valence-corrected chi connectivity index (χ0v) is 13.7. The largest absolute Gasteiger partial charge is 0.456 e. The van der Waals surface area contributed by atoms with E-state index in [1.54, 1.807) is 19.9 Å². The summed E-state index contributed by atoms with van der Waals surface area (Å²) in [6.07, 6.45) is 0. The number of halogens is 2. The monoisotopic (exact) mass is 343 g/mol. The summed E-state index contributed by atoms with van der Waals surface area (Å²) in [5.74, 6) is -1.34. The molecular weight excluding hydrogens is 328 g/mol. The third kappa shape index (κ3) is 3.55. The number of benzene rings is 2. The van der Waals surface area contributed by atoms with E-state index in [4.69, 9.17) is 4.74 Å². The molecular formula is C18H15F2N3O2. The number of hydrogen-bond acceptors (Lipinski definition) is 4. The summed E-state index contributed by atoms with van der Waals surface area (Å²) in [5.41, 5.74) is 2.52. The summed E-state index contributed by atoms with van der Waals surface area (Å²) < 4.78 is 32.8. The third-order valence-corrected chi connectivity index (χ3v) is 3.76. The molecule has 0 aliphatic carbocycles. The number of aryl methyl sites for hydroxylation is 1. The molecule has 7 heteroatoms. The van der Waals surface area contributed by atoms with Crippen molar-refractivity contribution in [1.29, 1.82) is 0 Å². The fourth-order valence-corrected chi connectivity index (χ4v) is 2.40. The maximum Gasteiger partial charge on any atom is 0.361 e. The van der Waals surface area contributed by atoms with Gasteiger partial charge in [-0.15, -0.1) is 5.10 Å². The minimum atomic E-state index is -0.632. The van der Waals surface area contributed by atoms with E-state index in [1.165, 1.54) is 41.1 Å². The molecule has 0 spiro atoms. The van der Waals surface area contributed by atoms with Crippen LogP contribution in [0.5, 0.6) is 0 Å². The van der Waals surface area contributed by atoms with E-state index in [1.807, 2.05) is 0 Å². The van der Waals surface area contributed by atoms with Crippen LogP contribution in [0.15, 0.2) is 42.5 Å². The number of ether oxygens (including phenoxy) is 1. The Kier molecular flexibility index (Phi) is 4.56. The van der Waals surface area contributed by atoms with Crippen molar-refractivity contribution in [3.63, 3.8) is 0 Å². The minimum absolute atomic E-state index is 0.000981. The standard InChI is InChI=1S/C18H15F2N3O2/c1-11-9-15(20)7-8-16(11)23-12(2)17(21-22-23)18(24)25-10-13-3-5-14(19)6-4-13/h3-9H,10H2,1-2H3. The molecule has 0 saturated carbocycles. The molecule has 0 fully saturated rings. The van der Waals surface area contributed by atoms with Gasteiger partial charge >= 0.3 is 5.97 Å². The molecule has 1 heterocycles. The normalized spacial score (nSPS) is 10.7. The first-order valence-corrected chi connectivity index (χ1v) is 7.56. The van der Waals surface area contributed by atoms with Crippen LogP contribution in [-0.2, 0) is 11.3 Å². The van der Waals surface area contributed by atoms with Crippen LogP contribution < -0.4 is 0 Å². The summed E-state index contributed by atoms with van der Waals surface area (Å²) in [7, 11) is 0. The Bertz CT molecular complexity index is 921. The lowest BCUT2D eigenvalue weighted by atomic mass is 10.2. The summed E-state index contributed by atoms with van der Waals surface area (Å²) in [6.45, 7) is 3.42. The quantitative estimate of drug-likeness (QED) is 0.680. The first-order valence-electron chi connectivity index (χ1n) is 7.56. The summed E-state index contributed by atoms with van der Waals surface area (Å²) in [4.78, 5) is 12.2. The first kappa shape index (κ1) is 16.8. The average molecular weight is 343 g/mol. The van der Waals surface area contributed by atoms with E-state index in [0.717, 1.165) is 0 Å². The van der Waals surface area contributed by atoms with Gasteiger partial charge in [-0.1, -0.05) is 17.3 Å². The van der Waals surface area contributed by atoms with Crippen molar-refractivity contribution < 1.29 is 18.3 Å². The molecule has 3 rings (SSSR count). The average Bonchev–Trinajstić information content (AvgIpc) is 2.96.